The monoisotopic (exact) mass is 220 g/mol. The summed E-state index contributed by atoms with van der Waals surface area (Å²) in [4.78, 5) is 6.50. The molecule has 0 amide bonds. The van der Waals surface area contributed by atoms with Crippen molar-refractivity contribution in [1.82, 2.24) is 15.0 Å². The predicted octanol–water partition coefficient (Wildman–Crippen LogP) is 1.85. The van der Waals surface area contributed by atoms with E-state index in [2.05, 4.69) is 21.1 Å². The minimum absolute atomic E-state index is 0.163. The van der Waals surface area contributed by atoms with Crippen LogP contribution in [0.3, 0.4) is 0 Å². The fraction of sp³-hybridized carbons (Fsp3) is 0.727. The number of rotatable bonds is 3. The maximum Gasteiger partial charge on any atom is 0.229 e. The number of hydrogen-bond donors (Lipinski definition) is 0. The smallest absolute Gasteiger partial charge is 0.229 e. The largest absolute Gasteiger partial charge is 0.339 e. The molecule has 2 rings (SSSR count). The summed E-state index contributed by atoms with van der Waals surface area (Å²) in [6, 6.07) is 2.34. The first-order valence-corrected chi connectivity index (χ1v) is 5.67. The Morgan fingerprint density at radius 2 is 2.44 bits per heavy atom. The molecule has 1 aromatic rings. The Morgan fingerprint density at radius 3 is 3.06 bits per heavy atom. The van der Waals surface area contributed by atoms with Gasteiger partial charge in [0.1, 0.15) is 0 Å². The summed E-state index contributed by atoms with van der Waals surface area (Å²) in [5, 5.41) is 12.7. The van der Waals surface area contributed by atoms with Gasteiger partial charge in [-0.15, -0.1) is 0 Å². The Bertz CT molecular complexity index is 393. The summed E-state index contributed by atoms with van der Waals surface area (Å²) in [6.45, 7) is 5.44. The first-order chi connectivity index (χ1) is 7.72. The topological polar surface area (TPSA) is 66.0 Å². The maximum atomic E-state index is 8.73. The summed E-state index contributed by atoms with van der Waals surface area (Å²) < 4.78 is 5.19. The van der Waals surface area contributed by atoms with E-state index in [9.17, 15) is 0 Å². The van der Waals surface area contributed by atoms with Crippen LogP contribution in [0.4, 0.5) is 0 Å². The average Bonchev–Trinajstić information content (AvgIpc) is 2.84. The molecule has 1 atom stereocenters. The van der Waals surface area contributed by atoms with Gasteiger partial charge in [-0.1, -0.05) is 19.0 Å². The van der Waals surface area contributed by atoms with Gasteiger partial charge in [0.05, 0.1) is 18.7 Å². The molecule has 0 aliphatic carbocycles. The summed E-state index contributed by atoms with van der Waals surface area (Å²) >= 11 is 0. The highest BCUT2D eigenvalue weighted by molar-refractivity contribution is 5.01. The molecule has 0 bridgehead atoms. The summed E-state index contributed by atoms with van der Waals surface area (Å²) in [6.07, 6.45) is 2.11. The van der Waals surface area contributed by atoms with Gasteiger partial charge in [0.15, 0.2) is 5.82 Å². The highest BCUT2D eigenvalue weighted by Crippen LogP contribution is 2.30. The molecule has 1 aliphatic heterocycles. The number of nitrogens with zero attached hydrogens (tertiary/aromatic N) is 4. The SMILES string of the molecule is CC(C)c1nc(C2CCCN2CC#N)no1. The first-order valence-electron chi connectivity index (χ1n) is 5.67. The van der Waals surface area contributed by atoms with Crippen molar-refractivity contribution in [3.05, 3.63) is 11.7 Å². The average molecular weight is 220 g/mol. The van der Waals surface area contributed by atoms with Gasteiger partial charge in [0.25, 0.3) is 0 Å². The fourth-order valence-corrected chi connectivity index (χ4v) is 2.02. The first kappa shape index (κ1) is 11.1. The Morgan fingerprint density at radius 1 is 1.62 bits per heavy atom. The van der Waals surface area contributed by atoms with Crippen molar-refractivity contribution in [2.24, 2.45) is 0 Å². The Hall–Kier alpha value is -1.41. The third-order valence-electron chi connectivity index (χ3n) is 2.89. The van der Waals surface area contributed by atoms with Crippen molar-refractivity contribution in [3.63, 3.8) is 0 Å². The lowest BCUT2D eigenvalue weighted by atomic mass is 10.2. The molecular weight excluding hydrogens is 204 g/mol. The zero-order chi connectivity index (χ0) is 11.5. The van der Waals surface area contributed by atoms with Gasteiger partial charge in [0, 0.05) is 5.92 Å². The molecule has 16 heavy (non-hydrogen) atoms. The maximum absolute atomic E-state index is 8.73. The van der Waals surface area contributed by atoms with E-state index in [0.29, 0.717) is 12.4 Å². The Labute approximate surface area is 95.0 Å². The van der Waals surface area contributed by atoms with E-state index in [1.165, 1.54) is 0 Å². The summed E-state index contributed by atoms with van der Waals surface area (Å²) in [5.41, 5.74) is 0. The van der Waals surface area contributed by atoms with Crippen LogP contribution in [-0.4, -0.2) is 28.1 Å². The van der Waals surface area contributed by atoms with Crippen LogP contribution in [0.1, 0.15) is 50.4 Å². The molecule has 5 heteroatoms. The zero-order valence-electron chi connectivity index (χ0n) is 9.68. The second kappa shape index (κ2) is 4.62. The molecular formula is C11H16N4O. The lowest BCUT2D eigenvalue weighted by Gasteiger charge is -2.17. The Kier molecular flexibility index (Phi) is 3.20. The lowest BCUT2D eigenvalue weighted by Crippen LogP contribution is -2.24. The molecule has 1 fully saturated rings. The predicted molar refractivity (Wildman–Crippen MR) is 57.5 cm³/mol. The summed E-state index contributed by atoms with van der Waals surface area (Å²) in [5.74, 6) is 1.67. The van der Waals surface area contributed by atoms with Crippen molar-refractivity contribution in [2.75, 3.05) is 13.1 Å². The van der Waals surface area contributed by atoms with Crippen molar-refractivity contribution in [1.29, 1.82) is 5.26 Å². The van der Waals surface area contributed by atoms with E-state index >= 15 is 0 Å². The van der Waals surface area contributed by atoms with Crippen LogP contribution in [-0.2, 0) is 0 Å². The molecule has 1 unspecified atom stereocenters. The van der Waals surface area contributed by atoms with Gasteiger partial charge in [-0.3, -0.25) is 4.90 Å². The zero-order valence-corrected chi connectivity index (χ0v) is 9.68. The molecule has 0 saturated carbocycles. The van der Waals surface area contributed by atoms with E-state index in [0.717, 1.165) is 25.2 Å². The molecule has 1 aliphatic rings. The third kappa shape index (κ3) is 2.07. The number of nitriles is 1. The van der Waals surface area contributed by atoms with Crippen LogP contribution in [0.15, 0.2) is 4.52 Å². The van der Waals surface area contributed by atoms with Gasteiger partial charge >= 0.3 is 0 Å². The van der Waals surface area contributed by atoms with Gasteiger partial charge in [-0.25, -0.2) is 0 Å². The van der Waals surface area contributed by atoms with Crippen LogP contribution in [0, 0.1) is 11.3 Å². The van der Waals surface area contributed by atoms with E-state index in [4.69, 9.17) is 9.78 Å². The van der Waals surface area contributed by atoms with Crippen LogP contribution >= 0.6 is 0 Å². The van der Waals surface area contributed by atoms with Crippen molar-refractivity contribution in [3.8, 4) is 6.07 Å². The van der Waals surface area contributed by atoms with Crippen molar-refractivity contribution >= 4 is 0 Å². The van der Waals surface area contributed by atoms with Crippen molar-refractivity contribution < 1.29 is 4.52 Å². The molecule has 0 N–H and O–H groups in total. The number of hydrogen-bond acceptors (Lipinski definition) is 5. The molecule has 0 spiro atoms. The van der Waals surface area contributed by atoms with Gasteiger partial charge < -0.3 is 4.52 Å². The van der Waals surface area contributed by atoms with E-state index in [1.807, 2.05) is 13.8 Å². The fourth-order valence-electron chi connectivity index (χ4n) is 2.02. The molecule has 1 aromatic heterocycles. The van der Waals surface area contributed by atoms with Crippen LogP contribution in [0.5, 0.6) is 0 Å². The molecule has 5 nitrogen and oxygen atoms in total. The highest BCUT2D eigenvalue weighted by atomic mass is 16.5. The number of likely N-dealkylation sites (tertiary alicyclic amines) is 1. The Balaban J connectivity index is 2.13. The van der Waals surface area contributed by atoms with Gasteiger partial charge in [-0.05, 0) is 19.4 Å². The van der Waals surface area contributed by atoms with E-state index in [1.54, 1.807) is 0 Å². The molecule has 86 valence electrons. The van der Waals surface area contributed by atoms with Gasteiger partial charge in [-0.2, -0.15) is 10.2 Å². The number of aromatic nitrogens is 2. The normalized spacial score (nSPS) is 21.5. The minimum atomic E-state index is 0.163. The highest BCUT2D eigenvalue weighted by Gasteiger charge is 2.29. The molecule has 0 radical (unpaired) electrons. The van der Waals surface area contributed by atoms with E-state index in [-0.39, 0.29) is 12.0 Å². The van der Waals surface area contributed by atoms with Crippen LogP contribution in [0.2, 0.25) is 0 Å². The standard InChI is InChI=1S/C11H16N4O/c1-8(2)11-13-10(14-16-11)9-4-3-6-15(9)7-5-12/h8-9H,3-4,6-7H2,1-2H3. The van der Waals surface area contributed by atoms with Crippen LogP contribution in [0.25, 0.3) is 0 Å². The summed E-state index contributed by atoms with van der Waals surface area (Å²) in [7, 11) is 0. The quantitative estimate of drug-likeness (QED) is 0.727. The molecule has 0 aromatic carbocycles. The lowest BCUT2D eigenvalue weighted by molar-refractivity contribution is 0.269. The second-order valence-electron chi connectivity index (χ2n) is 4.43. The van der Waals surface area contributed by atoms with E-state index < -0.39 is 0 Å². The van der Waals surface area contributed by atoms with Crippen molar-refractivity contribution in [2.45, 2.75) is 38.6 Å². The van der Waals surface area contributed by atoms with Crippen LogP contribution < -0.4 is 0 Å². The third-order valence-corrected chi connectivity index (χ3v) is 2.89. The molecule has 2 heterocycles. The van der Waals surface area contributed by atoms with Gasteiger partial charge in [0.2, 0.25) is 5.89 Å². The second-order valence-corrected chi connectivity index (χ2v) is 4.43. The minimum Gasteiger partial charge on any atom is -0.339 e. The molecule has 1 saturated heterocycles.